The minimum Gasteiger partial charge on any atom is -0.456 e. The van der Waals surface area contributed by atoms with Gasteiger partial charge in [0.25, 0.3) is 0 Å². The number of benzene rings is 8. The number of hydrogen-bond acceptors (Lipinski definition) is 3. The molecule has 3 nitrogen and oxygen atoms in total. The lowest BCUT2D eigenvalue weighted by atomic mass is 9.97. The zero-order valence-corrected chi connectivity index (χ0v) is 25.3. The van der Waals surface area contributed by atoms with Gasteiger partial charge in [-0.3, -0.25) is 0 Å². The molecule has 230 valence electrons. The number of para-hydroxylation sites is 2. The van der Waals surface area contributed by atoms with Gasteiger partial charge >= 0.3 is 0 Å². The minimum absolute atomic E-state index is 0.207. The largest absolute Gasteiger partial charge is 0.456 e. The Morgan fingerprint density at radius 2 is 0.857 bits per heavy atom. The van der Waals surface area contributed by atoms with Crippen LogP contribution in [0.15, 0.2) is 184 Å². The molecule has 0 spiro atoms. The molecule has 2 aromatic heterocycles. The van der Waals surface area contributed by atoms with Gasteiger partial charge in [0, 0.05) is 50.7 Å². The quantitative estimate of drug-likeness (QED) is 0.187. The average Bonchev–Trinajstić information content (AvgIpc) is 3.86. The maximum Gasteiger partial charge on any atom is 0.137 e. The first-order valence-corrected chi connectivity index (χ1v) is 15.4. The highest BCUT2D eigenvalue weighted by Gasteiger charge is 2.18. The van der Waals surface area contributed by atoms with Crippen LogP contribution >= 0.6 is 0 Å². The van der Waals surface area contributed by atoms with E-state index in [0.717, 1.165) is 21.5 Å². The Morgan fingerprint density at radius 3 is 1.41 bits per heavy atom. The predicted molar refractivity (Wildman–Crippen MR) is 204 cm³/mol. The summed E-state index contributed by atoms with van der Waals surface area (Å²) in [4.78, 5) is 1.53. The maximum absolute atomic E-state index is 9.51. The van der Waals surface area contributed by atoms with Gasteiger partial charge in [-0.2, -0.15) is 0 Å². The molecule has 10 rings (SSSR count). The van der Waals surface area contributed by atoms with Crippen molar-refractivity contribution in [1.29, 1.82) is 0 Å². The third kappa shape index (κ3) is 4.67. The highest BCUT2D eigenvalue weighted by Crippen LogP contribution is 2.41. The van der Waals surface area contributed by atoms with Crippen molar-refractivity contribution < 1.29 is 29.4 Å². The Labute approximate surface area is 303 Å². The number of anilines is 3. The second-order valence-electron chi connectivity index (χ2n) is 11.4. The van der Waals surface area contributed by atoms with Crippen molar-refractivity contribution >= 4 is 71.7 Å². The molecule has 8 aromatic carbocycles. The van der Waals surface area contributed by atoms with Gasteiger partial charge in [0.05, 0.1) is 20.6 Å². The number of hydrogen-bond donors (Lipinski definition) is 0. The van der Waals surface area contributed by atoms with E-state index in [4.69, 9.17) is 22.5 Å². The van der Waals surface area contributed by atoms with Crippen molar-refractivity contribution in [2.75, 3.05) is 4.90 Å². The van der Waals surface area contributed by atoms with E-state index in [9.17, 15) is 6.85 Å². The summed E-state index contributed by atoms with van der Waals surface area (Å²) >= 11 is 0. The Bertz CT molecular complexity index is 3540. The third-order valence-corrected chi connectivity index (χ3v) is 8.45. The second kappa shape index (κ2) is 11.0. The summed E-state index contributed by atoms with van der Waals surface area (Å²) in [5.74, 6) is 0. The average molecular weight is 643 g/mol. The van der Waals surface area contributed by atoms with Crippen molar-refractivity contribution in [2.24, 2.45) is 0 Å². The fraction of sp³-hybridized carbons (Fsp3) is 0. The highest BCUT2D eigenvalue weighted by atomic mass is 16.3. The maximum atomic E-state index is 9.51. The van der Waals surface area contributed by atoms with E-state index in [0.29, 0.717) is 33.7 Å². The molecule has 0 atom stereocenters. The fourth-order valence-electron chi connectivity index (χ4n) is 6.16. The summed E-state index contributed by atoms with van der Waals surface area (Å²) in [6.07, 6.45) is 0. The molecule has 0 aliphatic rings. The van der Waals surface area contributed by atoms with E-state index in [-0.39, 0.29) is 5.69 Å². The van der Waals surface area contributed by atoms with Gasteiger partial charge in [-0.25, -0.2) is 0 Å². The molecule has 0 saturated carbocycles. The van der Waals surface area contributed by atoms with Crippen LogP contribution < -0.4 is 4.90 Å². The number of nitrogens with zero attached hydrogens (tertiary/aromatic N) is 1. The number of furan rings is 2. The van der Waals surface area contributed by atoms with Crippen LogP contribution in [0.3, 0.4) is 0 Å². The highest BCUT2D eigenvalue weighted by molar-refractivity contribution is 6.08. The SMILES string of the molecule is [2H]c1c([2H])c([2H])c(-c2c([2H])c([2H])c3c([2H])c(-c4c([2H])c([2H])c(N(c5ccc6c(c5)oc5ccccc56)c5ccc6c(c5)oc5ccccc56)c([2H])c4[2H])c([2H])c([2H])c3c2[2H])c([2H])c1[2H]. The molecule has 3 heteroatoms. The topological polar surface area (TPSA) is 29.5 Å². The molecule has 0 saturated heterocycles. The van der Waals surface area contributed by atoms with Crippen LogP contribution in [0.5, 0.6) is 0 Å². The zero-order chi connectivity index (χ0) is 45.4. The smallest absolute Gasteiger partial charge is 0.137 e. The molecule has 49 heavy (non-hydrogen) atoms. The van der Waals surface area contributed by atoms with Crippen LogP contribution in [0.1, 0.15) is 20.6 Å². The lowest BCUT2D eigenvalue weighted by Crippen LogP contribution is -2.09. The molecule has 0 unspecified atom stereocenters. The summed E-state index contributed by atoms with van der Waals surface area (Å²) in [7, 11) is 0. The van der Waals surface area contributed by atoms with Crippen LogP contribution in [-0.2, 0) is 0 Å². The van der Waals surface area contributed by atoms with Gasteiger partial charge in [-0.15, -0.1) is 0 Å². The van der Waals surface area contributed by atoms with Gasteiger partial charge in [0.2, 0.25) is 0 Å². The molecule has 0 aliphatic carbocycles. The molecule has 0 aliphatic heterocycles. The summed E-state index contributed by atoms with van der Waals surface area (Å²) in [6.45, 7) is 0. The third-order valence-electron chi connectivity index (χ3n) is 8.45. The van der Waals surface area contributed by atoms with Crippen LogP contribution in [0, 0.1) is 0 Å². The van der Waals surface area contributed by atoms with Gasteiger partial charge in [-0.05, 0) is 93.6 Å². The molecule has 0 radical (unpaired) electrons. The van der Waals surface area contributed by atoms with Crippen LogP contribution in [0.2, 0.25) is 0 Å². The van der Waals surface area contributed by atoms with Crippen molar-refractivity contribution in [1.82, 2.24) is 0 Å². The van der Waals surface area contributed by atoms with E-state index in [1.165, 1.54) is 4.90 Å². The molecule has 2 heterocycles. The molecular formula is C46H29NO2. The van der Waals surface area contributed by atoms with Gasteiger partial charge in [-0.1, -0.05) is 103 Å². The molecule has 0 fully saturated rings. The minimum atomic E-state index is -0.791. The lowest BCUT2D eigenvalue weighted by molar-refractivity contribution is 0.669. The van der Waals surface area contributed by atoms with E-state index >= 15 is 0 Å². The summed E-state index contributed by atoms with van der Waals surface area (Å²) in [5.41, 5.74) is 0.629. The van der Waals surface area contributed by atoms with Crippen molar-refractivity contribution in [3.8, 4) is 22.3 Å². The molecule has 0 bridgehead atoms. The Morgan fingerprint density at radius 1 is 0.388 bits per heavy atom. The summed E-state index contributed by atoms with van der Waals surface area (Å²) in [6, 6.07) is 14.8. The molecule has 0 N–H and O–H groups in total. The van der Waals surface area contributed by atoms with E-state index < -0.39 is 124 Å². The van der Waals surface area contributed by atoms with Crippen LogP contribution in [0.25, 0.3) is 76.9 Å². The Kier molecular flexibility index (Phi) is 3.70. The monoisotopic (exact) mass is 642 g/mol. The second-order valence-corrected chi connectivity index (χ2v) is 11.4. The predicted octanol–water partition coefficient (Wildman–Crippen LogP) is 13.4. The number of rotatable bonds is 5. The normalized spacial score (nSPS) is 16.0. The molecule has 0 amide bonds. The standard InChI is InChI=1S/C46H29NO2/c1-2-8-30(9-3-1)32-14-16-35-27-33(15-17-34(35)26-32)31-18-20-36(21-19-31)47(37-22-24-41-39-10-4-6-12-43(39)48-45(41)28-37)38-23-25-42-40-11-5-7-13-44(40)49-46(42)29-38/h1-29H/i1D,2D,3D,8D,9D,14D,15D,16D,17D,18D,19D,20D,21D,26D,27D. The van der Waals surface area contributed by atoms with Crippen molar-refractivity contribution in [2.45, 2.75) is 0 Å². The zero-order valence-electron chi connectivity index (χ0n) is 40.3. The van der Waals surface area contributed by atoms with E-state index in [2.05, 4.69) is 0 Å². The van der Waals surface area contributed by atoms with E-state index in [1.807, 2.05) is 60.7 Å². The van der Waals surface area contributed by atoms with Crippen LogP contribution in [0.4, 0.5) is 17.1 Å². The Hall–Kier alpha value is -6.58. The lowest BCUT2D eigenvalue weighted by Gasteiger charge is -2.25. The molecule has 10 aromatic rings. The first-order valence-electron chi connectivity index (χ1n) is 22.9. The van der Waals surface area contributed by atoms with E-state index in [1.54, 1.807) is 24.3 Å². The van der Waals surface area contributed by atoms with Crippen LogP contribution in [-0.4, -0.2) is 0 Å². The molecular weight excluding hydrogens is 599 g/mol. The summed E-state index contributed by atoms with van der Waals surface area (Å²) < 4.78 is 146. The first-order chi connectivity index (χ1) is 30.5. The first kappa shape index (κ1) is 16.5. The van der Waals surface area contributed by atoms with Gasteiger partial charge in [0.15, 0.2) is 0 Å². The van der Waals surface area contributed by atoms with Gasteiger partial charge < -0.3 is 13.7 Å². The Balaban J connectivity index is 1.22. The number of fused-ring (bicyclic) bond motifs is 7. The van der Waals surface area contributed by atoms with Gasteiger partial charge in [0.1, 0.15) is 22.3 Å². The van der Waals surface area contributed by atoms with Crippen molar-refractivity contribution in [3.63, 3.8) is 0 Å². The fourth-order valence-corrected chi connectivity index (χ4v) is 6.16. The van der Waals surface area contributed by atoms with Crippen molar-refractivity contribution in [3.05, 3.63) is 176 Å². The summed E-state index contributed by atoms with van der Waals surface area (Å²) in [5, 5.41) is 2.34.